The number of pyridine rings is 2. The number of halogens is 1. The van der Waals surface area contributed by atoms with E-state index in [1.165, 1.54) is 18.8 Å². The highest BCUT2D eigenvalue weighted by Crippen LogP contribution is 2.16. The summed E-state index contributed by atoms with van der Waals surface area (Å²) in [6, 6.07) is 1.55. The lowest BCUT2D eigenvalue weighted by Gasteiger charge is -2.10. The quantitative estimate of drug-likeness (QED) is 0.775. The molecule has 0 aliphatic carbocycles. The molecular weight excluding hydrogens is 342 g/mol. The van der Waals surface area contributed by atoms with Gasteiger partial charge in [-0.25, -0.2) is 14.8 Å². The molecule has 3 heterocycles. The van der Waals surface area contributed by atoms with E-state index in [0.717, 1.165) is 0 Å². The summed E-state index contributed by atoms with van der Waals surface area (Å²) in [5.74, 6) is -0.755. The van der Waals surface area contributed by atoms with E-state index < -0.39 is 11.4 Å². The van der Waals surface area contributed by atoms with Crippen LogP contribution in [-0.4, -0.2) is 25.6 Å². The third kappa shape index (κ3) is 2.45. The van der Waals surface area contributed by atoms with E-state index in [9.17, 15) is 9.59 Å². The lowest BCUT2D eigenvalue weighted by molar-refractivity contribution is 0.0695. The number of carboxylic acids is 1. The summed E-state index contributed by atoms with van der Waals surface area (Å²) in [4.78, 5) is 31.4. The summed E-state index contributed by atoms with van der Waals surface area (Å²) in [6.07, 6.45) is 5.60. The van der Waals surface area contributed by atoms with E-state index in [4.69, 9.17) is 9.52 Å². The van der Waals surface area contributed by atoms with Gasteiger partial charge in [-0.3, -0.25) is 4.79 Å². The number of hydrogen-bond acceptors (Lipinski definition) is 5. The molecule has 0 spiro atoms. The zero-order valence-electron chi connectivity index (χ0n) is 10.5. The van der Waals surface area contributed by atoms with Crippen LogP contribution in [0.2, 0.25) is 0 Å². The van der Waals surface area contributed by atoms with Gasteiger partial charge in [0.05, 0.1) is 18.1 Å². The number of fused-ring (bicyclic) bond motifs is 1. The lowest BCUT2D eigenvalue weighted by atomic mass is 10.2. The van der Waals surface area contributed by atoms with E-state index >= 15 is 0 Å². The molecule has 7 nitrogen and oxygen atoms in total. The van der Waals surface area contributed by atoms with Gasteiger partial charge in [0, 0.05) is 16.9 Å². The second-order valence-corrected chi connectivity index (χ2v) is 5.21. The highest BCUT2D eigenvalue weighted by Gasteiger charge is 2.16. The first-order valence-electron chi connectivity index (χ1n) is 5.85. The molecule has 0 aromatic carbocycles. The predicted octanol–water partition coefficient (Wildman–Crippen LogP) is 1.89. The van der Waals surface area contributed by atoms with Gasteiger partial charge in [0.1, 0.15) is 17.0 Å². The Morgan fingerprint density at radius 1 is 1.43 bits per heavy atom. The van der Waals surface area contributed by atoms with Crippen LogP contribution in [0.1, 0.15) is 16.1 Å². The SMILES string of the molecule is O=C(O)c1cn(Cc2cnco2)c2ncc(Br)cc2c1=O. The number of oxazole rings is 1. The zero-order chi connectivity index (χ0) is 15.0. The van der Waals surface area contributed by atoms with Gasteiger partial charge < -0.3 is 14.1 Å². The van der Waals surface area contributed by atoms with Crippen molar-refractivity contribution >= 4 is 32.9 Å². The van der Waals surface area contributed by atoms with Gasteiger partial charge in [0.15, 0.2) is 6.39 Å². The van der Waals surface area contributed by atoms with Gasteiger partial charge in [-0.1, -0.05) is 0 Å². The maximum absolute atomic E-state index is 12.2. The van der Waals surface area contributed by atoms with Crippen molar-refractivity contribution in [2.45, 2.75) is 6.54 Å². The van der Waals surface area contributed by atoms with Crippen LogP contribution in [0.15, 0.2) is 44.7 Å². The monoisotopic (exact) mass is 349 g/mol. The number of carboxylic acid groups (broad SMARTS) is 1. The van der Waals surface area contributed by atoms with E-state index in [-0.39, 0.29) is 17.5 Å². The summed E-state index contributed by atoms with van der Waals surface area (Å²) in [5.41, 5.74) is -0.508. The molecule has 0 aliphatic heterocycles. The molecule has 0 unspecified atom stereocenters. The van der Waals surface area contributed by atoms with Crippen LogP contribution >= 0.6 is 15.9 Å². The minimum Gasteiger partial charge on any atom is -0.477 e. The van der Waals surface area contributed by atoms with E-state index in [2.05, 4.69) is 25.9 Å². The zero-order valence-corrected chi connectivity index (χ0v) is 12.1. The van der Waals surface area contributed by atoms with Gasteiger partial charge in [-0.2, -0.15) is 0 Å². The fourth-order valence-electron chi connectivity index (χ4n) is 2.01. The number of rotatable bonds is 3. The van der Waals surface area contributed by atoms with Crippen LogP contribution in [-0.2, 0) is 6.54 Å². The second kappa shape index (κ2) is 5.13. The molecular formula is C13H8BrN3O4. The minimum absolute atomic E-state index is 0.226. The van der Waals surface area contributed by atoms with Crippen molar-refractivity contribution in [3.8, 4) is 0 Å². The number of carbonyl (C=O) groups is 1. The van der Waals surface area contributed by atoms with E-state index in [1.807, 2.05) is 0 Å². The van der Waals surface area contributed by atoms with Crippen molar-refractivity contribution in [3.05, 3.63) is 57.1 Å². The summed E-state index contributed by atoms with van der Waals surface area (Å²) in [7, 11) is 0. The lowest BCUT2D eigenvalue weighted by Crippen LogP contribution is -2.19. The van der Waals surface area contributed by atoms with Crippen molar-refractivity contribution in [1.29, 1.82) is 0 Å². The fourth-order valence-corrected chi connectivity index (χ4v) is 2.34. The molecule has 0 fully saturated rings. The summed E-state index contributed by atoms with van der Waals surface area (Å²) < 4.78 is 7.29. The first-order chi connectivity index (χ1) is 10.1. The van der Waals surface area contributed by atoms with Crippen molar-refractivity contribution in [2.24, 2.45) is 0 Å². The molecule has 0 amide bonds. The molecule has 0 bridgehead atoms. The molecule has 0 saturated heterocycles. The third-order valence-corrected chi connectivity index (χ3v) is 3.35. The summed E-state index contributed by atoms with van der Waals surface area (Å²) in [6.45, 7) is 0.228. The first kappa shape index (κ1) is 13.5. The molecule has 3 aromatic heterocycles. The Labute approximate surface area is 126 Å². The van der Waals surface area contributed by atoms with Crippen molar-refractivity contribution in [2.75, 3.05) is 0 Å². The summed E-state index contributed by atoms with van der Waals surface area (Å²) in [5, 5.41) is 9.39. The smallest absolute Gasteiger partial charge is 0.341 e. The van der Waals surface area contributed by atoms with Gasteiger partial charge >= 0.3 is 5.97 Å². The Kier molecular flexibility index (Phi) is 3.30. The average molecular weight is 350 g/mol. The molecule has 0 aliphatic rings. The largest absolute Gasteiger partial charge is 0.477 e. The molecule has 106 valence electrons. The summed E-state index contributed by atoms with van der Waals surface area (Å²) >= 11 is 3.23. The fraction of sp³-hybridized carbons (Fsp3) is 0.0769. The van der Waals surface area contributed by atoms with Gasteiger partial charge in [0.2, 0.25) is 5.43 Å². The Balaban J connectivity index is 2.29. The van der Waals surface area contributed by atoms with Gasteiger partial charge in [-0.05, 0) is 22.0 Å². The highest BCUT2D eigenvalue weighted by atomic mass is 79.9. The van der Waals surface area contributed by atoms with Gasteiger partial charge in [0.25, 0.3) is 0 Å². The molecule has 0 atom stereocenters. The Morgan fingerprint density at radius 3 is 2.90 bits per heavy atom. The maximum Gasteiger partial charge on any atom is 0.341 e. The maximum atomic E-state index is 12.2. The van der Waals surface area contributed by atoms with Crippen molar-refractivity contribution in [1.82, 2.24) is 14.5 Å². The van der Waals surface area contributed by atoms with Crippen LogP contribution < -0.4 is 5.43 Å². The number of aromatic carboxylic acids is 1. The third-order valence-electron chi connectivity index (χ3n) is 2.92. The number of hydrogen-bond donors (Lipinski definition) is 1. The van der Waals surface area contributed by atoms with E-state index in [1.54, 1.807) is 16.8 Å². The van der Waals surface area contributed by atoms with Crippen LogP contribution in [0.4, 0.5) is 0 Å². The number of nitrogens with zero attached hydrogens (tertiary/aromatic N) is 3. The van der Waals surface area contributed by atoms with Crippen LogP contribution in [0.3, 0.4) is 0 Å². The number of aromatic nitrogens is 3. The highest BCUT2D eigenvalue weighted by molar-refractivity contribution is 9.10. The molecule has 3 rings (SSSR count). The Morgan fingerprint density at radius 2 is 2.24 bits per heavy atom. The normalized spacial score (nSPS) is 10.9. The predicted molar refractivity (Wildman–Crippen MR) is 76.3 cm³/mol. The van der Waals surface area contributed by atoms with Gasteiger partial charge in [-0.15, -0.1) is 0 Å². The molecule has 0 saturated carbocycles. The average Bonchev–Trinajstić information content (AvgIpc) is 2.94. The van der Waals surface area contributed by atoms with Crippen LogP contribution in [0.25, 0.3) is 11.0 Å². The molecule has 8 heteroatoms. The topological polar surface area (TPSA) is 98.2 Å². The van der Waals surface area contributed by atoms with E-state index in [0.29, 0.717) is 15.9 Å². The van der Waals surface area contributed by atoms with Crippen molar-refractivity contribution < 1.29 is 14.3 Å². The standard InChI is InChI=1S/C13H8BrN3O4/c14-7-1-9-11(18)10(13(19)20)5-17(12(9)16-2-7)4-8-3-15-6-21-8/h1-3,5-6H,4H2,(H,19,20). The molecule has 1 N–H and O–H groups in total. The molecule has 21 heavy (non-hydrogen) atoms. The first-order valence-corrected chi connectivity index (χ1v) is 6.65. The molecule has 3 aromatic rings. The Hall–Kier alpha value is -2.48. The minimum atomic E-state index is -1.28. The van der Waals surface area contributed by atoms with Crippen LogP contribution in [0, 0.1) is 0 Å². The van der Waals surface area contributed by atoms with Crippen LogP contribution in [0.5, 0.6) is 0 Å². The Bertz CT molecular complexity index is 886. The molecule has 0 radical (unpaired) electrons. The second-order valence-electron chi connectivity index (χ2n) is 4.30. The van der Waals surface area contributed by atoms with Crippen molar-refractivity contribution in [3.63, 3.8) is 0 Å².